The largest absolute Gasteiger partial charge is 0.465 e. The number of hydrogen-bond donors (Lipinski definition) is 1. The van der Waals surface area contributed by atoms with Crippen LogP contribution >= 0.6 is 0 Å². The molecule has 18 heavy (non-hydrogen) atoms. The highest BCUT2D eigenvalue weighted by atomic mass is 16.5. The molecule has 0 aromatic heterocycles. The van der Waals surface area contributed by atoms with E-state index in [4.69, 9.17) is 10.5 Å². The predicted octanol–water partition coefficient (Wildman–Crippen LogP) is 1.21. The van der Waals surface area contributed by atoms with Crippen LogP contribution in [0.2, 0.25) is 0 Å². The molecule has 0 aliphatic carbocycles. The molecule has 0 unspecified atom stereocenters. The van der Waals surface area contributed by atoms with E-state index in [2.05, 4.69) is 0 Å². The van der Waals surface area contributed by atoms with Crippen LogP contribution in [0.4, 0.5) is 5.69 Å². The van der Waals surface area contributed by atoms with E-state index in [1.165, 1.54) is 4.90 Å². The van der Waals surface area contributed by atoms with Gasteiger partial charge in [-0.25, -0.2) is 0 Å². The summed E-state index contributed by atoms with van der Waals surface area (Å²) in [5, 5.41) is 0. The van der Waals surface area contributed by atoms with Crippen LogP contribution in [-0.4, -0.2) is 37.0 Å². The topological polar surface area (TPSA) is 72.6 Å². The van der Waals surface area contributed by atoms with Gasteiger partial charge in [-0.05, 0) is 37.6 Å². The third-order valence-corrected chi connectivity index (χ3v) is 2.50. The van der Waals surface area contributed by atoms with E-state index in [9.17, 15) is 9.59 Å². The number of amides is 1. The summed E-state index contributed by atoms with van der Waals surface area (Å²) in [6.45, 7) is 3.78. The van der Waals surface area contributed by atoms with E-state index in [1.807, 2.05) is 6.92 Å². The minimum absolute atomic E-state index is 0.0590. The zero-order chi connectivity index (χ0) is 13.7. The summed E-state index contributed by atoms with van der Waals surface area (Å²) in [6, 6.07) is 5.05. The number of nitrogens with zero attached hydrogens (tertiary/aromatic N) is 1. The van der Waals surface area contributed by atoms with Crippen molar-refractivity contribution in [1.29, 1.82) is 0 Å². The second-order valence-electron chi connectivity index (χ2n) is 4.04. The zero-order valence-electron chi connectivity index (χ0n) is 10.9. The summed E-state index contributed by atoms with van der Waals surface area (Å²) in [5.41, 5.74) is 7.56. The van der Waals surface area contributed by atoms with Crippen molar-refractivity contribution in [3.8, 4) is 0 Å². The average Bonchev–Trinajstić information content (AvgIpc) is 2.28. The smallest absolute Gasteiger partial charge is 0.325 e. The molecule has 0 spiro atoms. The summed E-state index contributed by atoms with van der Waals surface area (Å²) in [4.78, 5) is 24.7. The molecule has 1 amide bonds. The maximum absolute atomic E-state index is 12.1. The first-order chi connectivity index (χ1) is 8.45. The number of likely N-dealkylation sites (N-methyl/N-ethyl adjacent to an activating group) is 1. The highest BCUT2D eigenvalue weighted by molar-refractivity contribution is 5.97. The van der Waals surface area contributed by atoms with Gasteiger partial charge in [0.15, 0.2) is 0 Å². The van der Waals surface area contributed by atoms with Crippen LogP contribution in [0.1, 0.15) is 22.8 Å². The lowest BCUT2D eigenvalue weighted by Gasteiger charge is -2.17. The van der Waals surface area contributed by atoms with Gasteiger partial charge in [0.25, 0.3) is 5.91 Å². The van der Waals surface area contributed by atoms with Crippen LogP contribution < -0.4 is 5.73 Å². The van der Waals surface area contributed by atoms with E-state index < -0.39 is 5.97 Å². The number of hydrogen-bond acceptors (Lipinski definition) is 4. The highest BCUT2D eigenvalue weighted by Gasteiger charge is 2.17. The number of anilines is 1. The number of nitrogen functional groups attached to an aromatic ring is 1. The van der Waals surface area contributed by atoms with E-state index in [-0.39, 0.29) is 12.5 Å². The summed E-state index contributed by atoms with van der Waals surface area (Å²) in [5.74, 6) is -0.637. The molecular weight excluding hydrogens is 232 g/mol. The van der Waals surface area contributed by atoms with E-state index >= 15 is 0 Å². The van der Waals surface area contributed by atoms with E-state index in [1.54, 1.807) is 32.2 Å². The average molecular weight is 250 g/mol. The van der Waals surface area contributed by atoms with Gasteiger partial charge >= 0.3 is 5.97 Å². The molecule has 1 aromatic rings. The van der Waals surface area contributed by atoms with Crippen LogP contribution in [-0.2, 0) is 9.53 Å². The first-order valence-electron chi connectivity index (χ1n) is 5.73. The van der Waals surface area contributed by atoms with Crippen LogP contribution in [0, 0.1) is 6.92 Å². The number of esters is 1. The van der Waals surface area contributed by atoms with Crippen molar-refractivity contribution in [2.24, 2.45) is 0 Å². The van der Waals surface area contributed by atoms with E-state index in [0.29, 0.717) is 17.9 Å². The lowest BCUT2D eigenvalue weighted by Crippen LogP contribution is -2.33. The quantitative estimate of drug-likeness (QED) is 0.644. The van der Waals surface area contributed by atoms with Gasteiger partial charge in [0.1, 0.15) is 6.54 Å². The Morgan fingerprint density at radius 3 is 2.61 bits per heavy atom. The van der Waals surface area contributed by atoms with Crippen LogP contribution in [0.15, 0.2) is 18.2 Å². The third kappa shape index (κ3) is 3.48. The molecule has 0 atom stereocenters. The molecule has 0 radical (unpaired) electrons. The van der Waals surface area contributed by atoms with Gasteiger partial charge in [0.05, 0.1) is 6.61 Å². The molecule has 0 aliphatic rings. The molecule has 1 rings (SSSR count). The number of ether oxygens (including phenoxy) is 1. The maximum atomic E-state index is 12.1. The zero-order valence-corrected chi connectivity index (χ0v) is 10.9. The molecule has 98 valence electrons. The van der Waals surface area contributed by atoms with Crippen LogP contribution in [0.3, 0.4) is 0 Å². The van der Waals surface area contributed by atoms with Gasteiger partial charge in [-0.3, -0.25) is 9.59 Å². The predicted molar refractivity (Wildman–Crippen MR) is 69.2 cm³/mol. The van der Waals surface area contributed by atoms with Crippen molar-refractivity contribution in [2.45, 2.75) is 13.8 Å². The monoisotopic (exact) mass is 250 g/mol. The molecule has 0 bridgehead atoms. The fraction of sp³-hybridized carbons (Fsp3) is 0.385. The Kier molecular flexibility index (Phi) is 4.71. The van der Waals surface area contributed by atoms with Gasteiger partial charge in [0.2, 0.25) is 0 Å². The fourth-order valence-corrected chi connectivity index (χ4v) is 1.60. The van der Waals surface area contributed by atoms with Crippen molar-refractivity contribution in [1.82, 2.24) is 4.90 Å². The second-order valence-corrected chi connectivity index (χ2v) is 4.04. The van der Waals surface area contributed by atoms with Gasteiger partial charge < -0.3 is 15.4 Å². The van der Waals surface area contributed by atoms with Gasteiger partial charge in [-0.1, -0.05) is 0 Å². The number of aryl methyl sites for hydroxylation is 1. The van der Waals surface area contributed by atoms with Gasteiger partial charge in [-0.2, -0.15) is 0 Å². The number of rotatable bonds is 4. The molecule has 1 aromatic carbocycles. The Hall–Kier alpha value is -2.04. The lowest BCUT2D eigenvalue weighted by molar-refractivity contribution is -0.143. The van der Waals surface area contributed by atoms with Crippen molar-refractivity contribution < 1.29 is 14.3 Å². The Labute approximate surface area is 107 Å². The van der Waals surface area contributed by atoms with Crippen LogP contribution in [0.5, 0.6) is 0 Å². The Bertz CT molecular complexity index is 458. The van der Waals surface area contributed by atoms with Crippen LogP contribution in [0.25, 0.3) is 0 Å². The van der Waals surface area contributed by atoms with E-state index in [0.717, 1.165) is 5.56 Å². The summed E-state index contributed by atoms with van der Waals surface area (Å²) in [6.07, 6.45) is 0. The standard InChI is InChI=1S/C13H18N2O3/c1-4-18-12(16)8-15(3)13(17)11-6-5-10(14)7-9(11)2/h5-7H,4,8,14H2,1-3H3. The minimum atomic E-state index is -0.415. The van der Waals surface area contributed by atoms with Crippen molar-refractivity contribution in [3.05, 3.63) is 29.3 Å². The van der Waals surface area contributed by atoms with Crippen molar-refractivity contribution >= 4 is 17.6 Å². The normalized spacial score (nSPS) is 9.94. The molecule has 0 heterocycles. The summed E-state index contributed by atoms with van der Waals surface area (Å²) >= 11 is 0. The fourth-order valence-electron chi connectivity index (χ4n) is 1.60. The molecule has 0 fully saturated rings. The molecule has 2 N–H and O–H groups in total. The first kappa shape index (κ1) is 14.0. The number of nitrogens with two attached hydrogens (primary N) is 1. The first-order valence-corrected chi connectivity index (χ1v) is 5.73. The van der Waals surface area contributed by atoms with Crippen molar-refractivity contribution in [3.63, 3.8) is 0 Å². The molecule has 0 saturated carbocycles. The number of carbonyl (C=O) groups is 2. The number of benzene rings is 1. The molecule has 5 nitrogen and oxygen atoms in total. The molecule has 5 heteroatoms. The highest BCUT2D eigenvalue weighted by Crippen LogP contribution is 2.14. The summed E-state index contributed by atoms with van der Waals surface area (Å²) < 4.78 is 4.80. The molecule has 0 saturated heterocycles. The second kappa shape index (κ2) is 6.05. The minimum Gasteiger partial charge on any atom is -0.465 e. The molecule has 0 aliphatic heterocycles. The van der Waals surface area contributed by atoms with Gasteiger partial charge in [0, 0.05) is 18.3 Å². The molecular formula is C13H18N2O3. The Morgan fingerprint density at radius 1 is 1.39 bits per heavy atom. The van der Waals surface area contributed by atoms with Crippen molar-refractivity contribution in [2.75, 3.05) is 25.9 Å². The third-order valence-electron chi connectivity index (χ3n) is 2.50. The Balaban J connectivity index is 2.77. The lowest BCUT2D eigenvalue weighted by atomic mass is 10.1. The SMILES string of the molecule is CCOC(=O)CN(C)C(=O)c1ccc(N)cc1C. The summed E-state index contributed by atoms with van der Waals surface area (Å²) in [7, 11) is 1.56. The maximum Gasteiger partial charge on any atom is 0.325 e. The van der Waals surface area contributed by atoms with Gasteiger partial charge in [-0.15, -0.1) is 0 Å². The Morgan fingerprint density at radius 2 is 2.06 bits per heavy atom. The number of carbonyl (C=O) groups excluding carboxylic acids is 2.